The molecule has 1 atom stereocenters. The molecule has 0 saturated carbocycles. The van der Waals surface area contributed by atoms with E-state index in [-0.39, 0.29) is 29.9 Å². The summed E-state index contributed by atoms with van der Waals surface area (Å²) in [4.78, 5) is 26.3. The second-order valence-electron chi connectivity index (χ2n) is 7.00. The van der Waals surface area contributed by atoms with Crippen LogP contribution in [0.25, 0.3) is 0 Å². The zero-order valence-electron chi connectivity index (χ0n) is 13.8. The number of anilines is 1. The number of hydrogen-bond donors (Lipinski definition) is 1. The second kappa shape index (κ2) is 6.32. The zero-order valence-corrected chi connectivity index (χ0v) is 13.8. The van der Waals surface area contributed by atoms with Crippen LogP contribution in [0.1, 0.15) is 38.7 Å². The molecule has 1 saturated heterocycles. The number of benzene rings is 1. The number of carbonyl (C=O) groups excluding carboxylic acids is 2. The van der Waals surface area contributed by atoms with Gasteiger partial charge < -0.3 is 15.0 Å². The van der Waals surface area contributed by atoms with Crippen LogP contribution in [0.2, 0.25) is 0 Å². The molecule has 2 aliphatic rings. The molecule has 0 radical (unpaired) electrons. The van der Waals surface area contributed by atoms with Gasteiger partial charge in [-0.3, -0.25) is 9.59 Å². The highest BCUT2D eigenvalue weighted by atomic mass is 16.5. The van der Waals surface area contributed by atoms with E-state index < -0.39 is 0 Å². The number of amides is 2. The third kappa shape index (κ3) is 3.39. The summed E-state index contributed by atoms with van der Waals surface area (Å²) >= 11 is 0. The predicted molar refractivity (Wildman–Crippen MR) is 88.4 cm³/mol. The fraction of sp³-hybridized carbons (Fsp3) is 0.556. The molecule has 2 aliphatic heterocycles. The first-order valence-electron chi connectivity index (χ1n) is 8.25. The fourth-order valence-corrected chi connectivity index (χ4v) is 3.39. The molecule has 0 bridgehead atoms. The number of hydrogen-bond acceptors (Lipinski definition) is 3. The summed E-state index contributed by atoms with van der Waals surface area (Å²) in [6.07, 6.45) is 2.57. The first-order chi connectivity index (χ1) is 11.0. The van der Waals surface area contributed by atoms with E-state index in [1.165, 1.54) is 0 Å². The molecule has 2 amide bonds. The van der Waals surface area contributed by atoms with Crippen molar-refractivity contribution in [1.29, 1.82) is 0 Å². The summed E-state index contributed by atoms with van der Waals surface area (Å²) in [6, 6.07) is 7.84. The Morgan fingerprint density at radius 1 is 1.39 bits per heavy atom. The maximum atomic E-state index is 12.5. The first-order valence-corrected chi connectivity index (χ1v) is 8.25. The Bertz CT molecular complexity index is 606. The van der Waals surface area contributed by atoms with E-state index in [2.05, 4.69) is 19.2 Å². The topological polar surface area (TPSA) is 58.6 Å². The summed E-state index contributed by atoms with van der Waals surface area (Å²) in [5, 5.41) is 2.89. The maximum absolute atomic E-state index is 12.5. The van der Waals surface area contributed by atoms with Crippen molar-refractivity contribution >= 4 is 17.5 Å². The molecule has 5 nitrogen and oxygen atoms in total. The van der Waals surface area contributed by atoms with Crippen LogP contribution < -0.4 is 10.2 Å². The van der Waals surface area contributed by atoms with Crippen LogP contribution in [-0.4, -0.2) is 37.6 Å². The van der Waals surface area contributed by atoms with Gasteiger partial charge in [0.15, 0.2) is 0 Å². The van der Waals surface area contributed by atoms with Gasteiger partial charge in [0.05, 0.1) is 6.10 Å². The smallest absolute Gasteiger partial charge is 0.240 e. The SMILES string of the molecule is CC1(C)CC(=O)N(CC(=O)NC[C@H]2CCCO2)c2ccccc21. The van der Waals surface area contributed by atoms with Gasteiger partial charge >= 0.3 is 0 Å². The van der Waals surface area contributed by atoms with Crippen molar-refractivity contribution in [2.45, 2.75) is 44.6 Å². The molecule has 1 aromatic carbocycles. The van der Waals surface area contributed by atoms with Gasteiger partial charge in [-0.1, -0.05) is 32.0 Å². The van der Waals surface area contributed by atoms with Crippen LogP contribution in [0.5, 0.6) is 0 Å². The number of ether oxygens (including phenoxy) is 1. The van der Waals surface area contributed by atoms with Crippen molar-refractivity contribution in [3.8, 4) is 0 Å². The Kier molecular flexibility index (Phi) is 4.39. The van der Waals surface area contributed by atoms with E-state index >= 15 is 0 Å². The molecule has 23 heavy (non-hydrogen) atoms. The number of nitrogens with zero attached hydrogens (tertiary/aromatic N) is 1. The summed E-state index contributed by atoms with van der Waals surface area (Å²) in [5.74, 6) is -0.135. The molecule has 1 N–H and O–H groups in total. The molecular weight excluding hydrogens is 292 g/mol. The summed E-state index contributed by atoms with van der Waals surface area (Å²) in [5.41, 5.74) is 1.77. The van der Waals surface area contributed by atoms with Gasteiger partial charge in [-0.2, -0.15) is 0 Å². The highest BCUT2D eigenvalue weighted by Gasteiger charge is 2.37. The van der Waals surface area contributed by atoms with E-state index in [0.717, 1.165) is 30.7 Å². The molecule has 3 rings (SSSR count). The van der Waals surface area contributed by atoms with Gasteiger partial charge in [-0.25, -0.2) is 0 Å². The van der Waals surface area contributed by atoms with Crippen LogP contribution in [0.15, 0.2) is 24.3 Å². The van der Waals surface area contributed by atoms with Crippen molar-refractivity contribution in [1.82, 2.24) is 5.32 Å². The van der Waals surface area contributed by atoms with Gasteiger partial charge in [0, 0.05) is 30.7 Å². The lowest BCUT2D eigenvalue weighted by atomic mass is 9.77. The summed E-state index contributed by atoms with van der Waals surface area (Å²) in [7, 11) is 0. The molecule has 0 unspecified atom stereocenters. The Morgan fingerprint density at radius 2 is 2.17 bits per heavy atom. The molecule has 5 heteroatoms. The second-order valence-corrected chi connectivity index (χ2v) is 7.00. The van der Waals surface area contributed by atoms with Crippen LogP contribution in [0, 0.1) is 0 Å². The predicted octanol–water partition coefficient (Wildman–Crippen LogP) is 2.00. The Balaban J connectivity index is 1.69. The van der Waals surface area contributed by atoms with Crippen LogP contribution in [0.4, 0.5) is 5.69 Å². The normalized spacial score (nSPS) is 22.8. The van der Waals surface area contributed by atoms with Crippen molar-refractivity contribution in [3.05, 3.63) is 29.8 Å². The molecule has 2 heterocycles. The van der Waals surface area contributed by atoms with Crippen molar-refractivity contribution in [2.75, 3.05) is 24.6 Å². The Morgan fingerprint density at radius 3 is 2.91 bits per heavy atom. The summed E-state index contributed by atoms with van der Waals surface area (Å²) < 4.78 is 5.50. The third-order valence-corrected chi connectivity index (χ3v) is 4.67. The molecule has 0 spiro atoms. The Labute approximate surface area is 137 Å². The number of fused-ring (bicyclic) bond motifs is 1. The lowest BCUT2D eigenvalue weighted by molar-refractivity contribution is -0.125. The van der Waals surface area contributed by atoms with E-state index in [1.54, 1.807) is 4.90 Å². The zero-order chi connectivity index (χ0) is 16.4. The van der Waals surface area contributed by atoms with Gasteiger partial charge in [-0.15, -0.1) is 0 Å². The lowest BCUT2D eigenvalue weighted by Gasteiger charge is -2.38. The van der Waals surface area contributed by atoms with Crippen LogP contribution in [0.3, 0.4) is 0 Å². The van der Waals surface area contributed by atoms with E-state index in [4.69, 9.17) is 4.74 Å². The van der Waals surface area contributed by atoms with E-state index in [9.17, 15) is 9.59 Å². The Hall–Kier alpha value is -1.88. The standard InChI is InChI=1S/C18H24N2O3/c1-18(2)10-17(22)20(15-8-4-3-7-14(15)18)12-16(21)19-11-13-6-5-9-23-13/h3-4,7-8,13H,5-6,9-12H2,1-2H3,(H,19,21)/t13-/m1/s1. The van der Waals surface area contributed by atoms with Crippen LogP contribution >= 0.6 is 0 Å². The van der Waals surface area contributed by atoms with Crippen molar-refractivity contribution in [3.63, 3.8) is 0 Å². The summed E-state index contributed by atoms with van der Waals surface area (Å²) in [6.45, 7) is 5.50. The first kappa shape index (κ1) is 16.0. The lowest BCUT2D eigenvalue weighted by Crippen LogP contribution is -2.47. The molecule has 124 valence electrons. The highest BCUT2D eigenvalue weighted by molar-refractivity contribution is 6.02. The van der Waals surface area contributed by atoms with Gasteiger partial charge in [0.2, 0.25) is 11.8 Å². The van der Waals surface area contributed by atoms with Crippen LogP contribution in [-0.2, 0) is 19.7 Å². The third-order valence-electron chi connectivity index (χ3n) is 4.67. The monoisotopic (exact) mass is 316 g/mol. The average Bonchev–Trinajstić information content (AvgIpc) is 3.02. The fourth-order valence-electron chi connectivity index (χ4n) is 3.39. The minimum absolute atomic E-state index is 0.000895. The van der Waals surface area contributed by atoms with Crippen molar-refractivity contribution in [2.24, 2.45) is 0 Å². The van der Waals surface area contributed by atoms with Gasteiger partial charge in [-0.05, 0) is 24.5 Å². The minimum atomic E-state index is -0.196. The maximum Gasteiger partial charge on any atom is 0.240 e. The quantitative estimate of drug-likeness (QED) is 0.924. The van der Waals surface area contributed by atoms with E-state index in [1.807, 2.05) is 24.3 Å². The highest BCUT2D eigenvalue weighted by Crippen LogP contribution is 2.39. The molecule has 1 aromatic rings. The molecular formula is C18H24N2O3. The number of nitrogens with one attached hydrogen (secondary N) is 1. The molecule has 0 aromatic heterocycles. The van der Waals surface area contributed by atoms with Crippen molar-refractivity contribution < 1.29 is 14.3 Å². The largest absolute Gasteiger partial charge is 0.376 e. The van der Waals surface area contributed by atoms with Gasteiger partial charge in [0.1, 0.15) is 6.54 Å². The number of para-hydroxylation sites is 1. The minimum Gasteiger partial charge on any atom is -0.376 e. The average molecular weight is 316 g/mol. The van der Waals surface area contributed by atoms with E-state index in [0.29, 0.717) is 13.0 Å². The van der Waals surface area contributed by atoms with Gasteiger partial charge in [0.25, 0.3) is 0 Å². The molecule has 1 fully saturated rings. The number of carbonyl (C=O) groups is 2. The molecule has 0 aliphatic carbocycles. The number of rotatable bonds is 4.